The quantitative estimate of drug-likeness (QED) is 0.828. The molecule has 120 valence electrons. The number of carbonyl (C=O) groups is 2. The number of piperazine rings is 1. The highest BCUT2D eigenvalue weighted by molar-refractivity contribution is 5.69. The Hall–Kier alpha value is -1.50. The highest BCUT2D eigenvalue weighted by Crippen LogP contribution is 2.21. The molecule has 2 saturated heterocycles. The van der Waals surface area contributed by atoms with Gasteiger partial charge in [-0.2, -0.15) is 0 Å². The van der Waals surface area contributed by atoms with Crippen molar-refractivity contribution in [3.05, 3.63) is 0 Å². The topological polar surface area (TPSA) is 73.3 Å². The van der Waals surface area contributed by atoms with Gasteiger partial charge in [-0.15, -0.1) is 0 Å². The van der Waals surface area contributed by atoms with Crippen molar-refractivity contribution in [2.24, 2.45) is 5.92 Å². The first-order valence-corrected chi connectivity index (χ1v) is 7.43. The fraction of sp³-hybridized carbons (Fsp3) is 0.857. The second-order valence-electron chi connectivity index (χ2n) is 6.82. The third kappa shape index (κ3) is 4.49. The van der Waals surface area contributed by atoms with Gasteiger partial charge in [-0.25, -0.2) is 9.59 Å². The molecule has 0 aliphatic carbocycles. The summed E-state index contributed by atoms with van der Waals surface area (Å²) in [6.07, 6.45) is -1.08. The fourth-order valence-corrected chi connectivity index (χ4v) is 2.65. The van der Waals surface area contributed by atoms with Crippen LogP contribution in [0.4, 0.5) is 9.59 Å². The number of hydrogen-bond acceptors (Lipinski definition) is 4. The Morgan fingerprint density at radius 1 is 1.10 bits per heavy atom. The molecular formula is C14H25N3O4. The van der Waals surface area contributed by atoms with E-state index in [2.05, 4.69) is 4.90 Å². The minimum absolute atomic E-state index is 0.241. The van der Waals surface area contributed by atoms with Crippen LogP contribution in [0.5, 0.6) is 0 Å². The molecule has 0 aromatic rings. The molecule has 7 heteroatoms. The summed E-state index contributed by atoms with van der Waals surface area (Å²) in [4.78, 5) is 28.1. The molecule has 2 fully saturated rings. The lowest BCUT2D eigenvalue weighted by Gasteiger charge is -2.43. The second-order valence-corrected chi connectivity index (χ2v) is 6.82. The van der Waals surface area contributed by atoms with Gasteiger partial charge in [-0.1, -0.05) is 0 Å². The van der Waals surface area contributed by atoms with Gasteiger partial charge in [0.25, 0.3) is 0 Å². The van der Waals surface area contributed by atoms with Crippen LogP contribution in [0.3, 0.4) is 0 Å². The summed E-state index contributed by atoms with van der Waals surface area (Å²) in [7, 11) is 0. The van der Waals surface area contributed by atoms with Gasteiger partial charge in [0.2, 0.25) is 0 Å². The van der Waals surface area contributed by atoms with Crippen LogP contribution in [0.1, 0.15) is 20.8 Å². The molecule has 0 aromatic carbocycles. The molecular weight excluding hydrogens is 274 g/mol. The van der Waals surface area contributed by atoms with E-state index in [1.54, 1.807) is 4.90 Å². The minimum atomic E-state index is -0.839. The Morgan fingerprint density at radius 2 is 1.67 bits per heavy atom. The summed E-state index contributed by atoms with van der Waals surface area (Å²) in [5.74, 6) is 0.467. The third-order valence-electron chi connectivity index (χ3n) is 3.77. The first-order chi connectivity index (χ1) is 9.74. The van der Waals surface area contributed by atoms with Crippen molar-refractivity contribution in [1.82, 2.24) is 14.7 Å². The van der Waals surface area contributed by atoms with Gasteiger partial charge in [0.1, 0.15) is 5.60 Å². The van der Waals surface area contributed by atoms with Crippen LogP contribution in [0.25, 0.3) is 0 Å². The van der Waals surface area contributed by atoms with Crippen LogP contribution < -0.4 is 0 Å². The molecule has 1 N–H and O–H groups in total. The molecule has 0 radical (unpaired) electrons. The van der Waals surface area contributed by atoms with Crippen LogP contribution in [0.2, 0.25) is 0 Å². The van der Waals surface area contributed by atoms with Gasteiger partial charge >= 0.3 is 12.2 Å². The largest absolute Gasteiger partial charge is 0.465 e. The van der Waals surface area contributed by atoms with Gasteiger partial charge in [-0.05, 0) is 20.8 Å². The predicted octanol–water partition coefficient (Wildman–Crippen LogP) is 1.15. The molecule has 2 heterocycles. The Balaban J connectivity index is 1.65. The molecule has 0 aromatic heterocycles. The van der Waals surface area contributed by atoms with Crippen LogP contribution in [0, 0.1) is 5.92 Å². The van der Waals surface area contributed by atoms with Crippen molar-refractivity contribution in [2.75, 3.05) is 45.8 Å². The number of amides is 2. The molecule has 2 amide bonds. The second kappa shape index (κ2) is 6.09. The fourth-order valence-electron chi connectivity index (χ4n) is 2.65. The van der Waals surface area contributed by atoms with Gasteiger partial charge < -0.3 is 19.6 Å². The molecule has 2 aliphatic heterocycles. The molecule has 2 aliphatic rings. The zero-order valence-electron chi connectivity index (χ0n) is 13.0. The molecule has 2 rings (SSSR count). The van der Waals surface area contributed by atoms with E-state index in [-0.39, 0.29) is 6.09 Å². The lowest BCUT2D eigenvalue weighted by Crippen LogP contribution is -2.57. The number of carboxylic acid groups (broad SMARTS) is 1. The maximum Gasteiger partial charge on any atom is 0.410 e. The molecule has 0 bridgehead atoms. The number of likely N-dealkylation sites (tertiary alicyclic amines) is 1. The van der Waals surface area contributed by atoms with Crippen LogP contribution >= 0.6 is 0 Å². The first-order valence-electron chi connectivity index (χ1n) is 7.43. The van der Waals surface area contributed by atoms with E-state index in [0.717, 1.165) is 32.7 Å². The van der Waals surface area contributed by atoms with Crippen LogP contribution in [0.15, 0.2) is 0 Å². The molecule has 21 heavy (non-hydrogen) atoms. The van der Waals surface area contributed by atoms with E-state index < -0.39 is 11.7 Å². The Bertz CT molecular complexity index is 394. The van der Waals surface area contributed by atoms with E-state index in [1.165, 1.54) is 4.90 Å². The van der Waals surface area contributed by atoms with E-state index in [9.17, 15) is 9.59 Å². The van der Waals surface area contributed by atoms with Gasteiger partial charge in [0.05, 0.1) is 0 Å². The van der Waals surface area contributed by atoms with Crippen molar-refractivity contribution in [3.8, 4) is 0 Å². The van der Waals surface area contributed by atoms with Crippen molar-refractivity contribution in [2.45, 2.75) is 26.4 Å². The zero-order valence-corrected chi connectivity index (χ0v) is 13.0. The van der Waals surface area contributed by atoms with E-state index in [1.807, 2.05) is 20.8 Å². The lowest BCUT2D eigenvalue weighted by molar-refractivity contribution is -0.00886. The maximum atomic E-state index is 11.8. The minimum Gasteiger partial charge on any atom is -0.465 e. The summed E-state index contributed by atoms with van der Waals surface area (Å²) >= 11 is 0. The molecule has 0 spiro atoms. The third-order valence-corrected chi connectivity index (χ3v) is 3.77. The van der Waals surface area contributed by atoms with E-state index >= 15 is 0 Å². The average Bonchev–Trinajstić information content (AvgIpc) is 2.31. The maximum absolute atomic E-state index is 11.8. The molecule has 0 saturated carbocycles. The van der Waals surface area contributed by atoms with Crippen LogP contribution in [-0.2, 0) is 4.74 Å². The number of rotatable bonds is 2. The van der Waals surface area contributed by atoms with Crippen LogP contribution in [-0.4, -0.2) is 83.4 Å². The number of nitrogens with zero attached hydrogens (tertiary/aromatic N) is 3. The number of hydrogen-bond donors (Lipinski definition) is 1. The Kier molecular flexibility index (Phi) is 4.61. The zero-order chi connectivity index (χ0) is 15.6. The van der Waals surface area contributed by atoms with Gasteiger partial charge in [0.15, 0.2) is 0 Å². The van der Waals surface area contributed by atoms with E-state index in [4.69, 9.17) is 9.84 Å². The van der Waals surface area contributed by atoms with Crippen molar-refractivity contribution >= 4 is 12.2 Å². The monoisotopic (exact) mass is 299 g/mol. The highest BCUT2D eigenvalue weighted by Gasteiger charge is 2.35. The number of carbonyl (C=O) groups excluding carboxylic acids is 1. The summed E-state index contributed by atoms with van der Waals surface area (Å²) in [5, 5.41) is 8.90. The van der Waals surface area contributed by atoms with Crippen molar-refractivity contribution in [1.29, 1.82) is 0 Å². The number of ether oxygens (including phenoxy) is 1. The normalized spacial score (nSPS) is 21.1. The standard InChI is InChI=1S/C14H25N3O4/c1-14(2,3)21-13(20)17-9-11(10-17)8-15-4-6-16(7-5-15)12(18)19/h11H,4-10H2,1-3H3,(H,18,19). The predicted molar refractivity (Wildman–Crippen MR) is 77.3 cm³/mol. The summed E-state index contributed by atoms with van der Waals surface area (Å²) in [6, 6.07) is 0. The highest BCUT2D eigenvalue weighted by atomic mass is 16.6. The average molecular weight is 299 g/mol. The SMILES string of the molecule is CC(C)(C)OC(=O)N1CC(CN2CCN(C(=O)O)CC2)C1. The van der Waals surface area contributed by atoms with Crippen molar-refractivity contribution in [3.63, 3.8) is 0 Å². The molecule has 0 unspecified atom stereocenters. The Morgan fingerprint density at radius 3 is 2.14 bits per heavy atom. The summed E-state index contributed by atoms with van der Waals surface area (Å²) < 4.78 is 5.32. The summed E-state index contributed by atoms with van der Waals surface area (Å²) in [5.41, 5.74) is -0.449. The first kappa shape index (κ1) is 15.9. The summed E-state index contributed by atoms with van der Waals surface area (Å²) in [6.45, 7) is 10.7. The van der Waals surface area contributed by atoms with Gasteiger partial charge in [-0.3, -0.25) is 4.90 Å². The van der Waals surface area contributed by atoms with Crippen molar-refractivity contribution < 1.29 is 19.4 Å². The Labute approximate surface area is 125 Å². The lowest BCUT2D eigenvalue weighted by atomic mass is 10.00. The van der Waals surface area contributed by atoms with E-state index in [0.29, 0.717) is 19.0 Å². The molecule has 7 nitrogen and oxygen atoms in total. The van der Waals surface area contributed by atoms with Gasteiger partial charge in [0, 0.05) is 51.7 Å². The smallest absolute Gasteiger partial charge is 0.410 e. The molecule has 0 atom stereocenters.